The summed E-state index contributed by atoms with van der Waals surface area (Å²) >= 11 is 1.49. The molecule has 1 aromatic heterocycles. The van der Waals surface area contributed by atoms with E-state index in [1.165, 1.54) is 11.3 Å². The van der Waals surface area contributed by atoms with Gasteiger partial charge in [0.15, 0.2) is 17.3 Å². The Balaban J connectivity index is 1.76. The molecule has 0 N–H and O–H groups in total. The van der Waals surface area contributed by atoms with E-state index in [0.29, 0.717) is 40.9 Å². The van der Waals surface area contributed by atoms with Crippen LogP contribution in [-0.4, -0.2) is 17.3 Å². The number of Topliss-reactive ketones (excluding diaryl/α,β-unsaturated/α-hetero) is 3. The Hall–Kier alpha value is -2.79. The van der Waals surface area contributed by atoms with Crippen molar-refractivity contribution in [2.75, 3.05) is 0 Å². The molecule has 5 rings (SSSR count). The van der Waals surface area contributed by atoms with Crippen LogP contribution in [-0.2, 0) is 9.53 Å². The number of hydrogen-bond donors (Lipinski definition) is 0. The van der Waals surface area contributed by atoms with Crippen LogP contribution < -0.4 is 0 Å². The van der Waals surface area contributed by atoms with Crippen LogP contribution in [0.3, 0.4) is 0 Å². The largest absolute Gasteiger partial charge is 0.457 e. The monoisotopic (exact) mass is 390 g/mol. The predicted molar refractivity (Wildman–Crippen MR) is 105 cm³/mol. The van der Waals surface area contributed by atoms with Gasteiger partial charge in [-0.3, -0.25) is 14.4 Å². The number of benzene rings is 1. The average Bonchev–Trinajstić information content (AvgIpc) is 3.18. The van der Waals surface area contributed by atoms with Crippen LogP contribution in [0.15, 0.2) is 64.4 Å². The summed E-state index contributed by atoms with van der Waals surface area (Å²) in [5, 5.41) is 1.92. The molecule has 1 unspecified atom stereocenters. The lowest BCUT2D eigenvalue weighted by molar-refractivity contribution is -0.119. The molecule has 1 atom stereocenters. The van der Waals surface area contributed by atoms with Crippen LogP contribution in [0.4, 0.5) is 0 Å². The summed E-state index contributed by atoms with van der Waals surface area (Å²) < 4.78 is 6.04. The zero-order valence-corrected chi connectivity index (χ0v) is 16.4. The third-order valence-electron chi connectivity index (χ3n) is 5.62. The Labute approximate surface area is 166 Å². The van der Waals surface area contributed by atoms with Gasteiger partial charge in [0.05, 0.1) is 11.5 Å². The second-order valence-electron chi connectivity index (χ2n) is 8.27. The number of ether oxygens (including phenoxy) is 1. The molecular weight excluding hydrogens is 372 g/mol. The number of fused-ring (bicyclic) bond motifs is 1. The van der Waals surface area contributed by atoms with Crippen LogP contribution in [0.2, 0.25) is 0 Å². The van der Waals surface area contributed by atoms with Gasteiger partial charge in [-0.15, -0.1) is 11.3 Å². The minimum Gasteiger partial charge on any atom is -0.457 e. The lowest BCUT2D eigenvalue weighted by Crippen LogP contribution is -2.37. The summed E-state index contributed by atoms with van der Waals surface area (Å²) in [7, 11) is 0. The molecule has 3 aliphatic rings. The van der Waals surface area contributed by atoms with Crippen molar-refractivity contribution in [1.29, 1.82) is 0 Å². The Kier molecular flexibility index (Phi) is 3.62. The molecule has 0 spiro atoms. The van der Waals surface area contributed by atoms with E-state index in [-0.39, 0.29) is 28.5 Å². The van der Waals surface area contributed by atoms with Gasteiger partial charge in [-0.05, 0) is 16.9 Å². The third kappa shape index (κ3) is 2.39. The number of rotatable bonds is 1. The second kappa shape index (κ2) is 5.85. The first-order chi connectivity index (χ1) is 13.4. The molecule has 0 amide bonds. The minimum absolute atomic E-state index is 0.00434. The van der Waals surface area contributed by atoms with Crippen LogP contribution in [0.25, 0.3) is 0 Å². The molecule has 0 saturated carbocycles. The third-order valence-corrected chi connectivity index (χ3v) is 6.56. The van der Waals surface area contributed by atoms with Gasteiger partial charge in [-0.2, -0.15) is 0 Å². The van der Waals surface area contributed by atoms with E-state index in [2.05, 4.69) is 0 Å². The fraction of sp³-hybridized carbons (Fsp3) is 0.261. The van der Waals surface area contributed by atoms with Crippen molar-refractivity contribution in [2.45, 2.75) is 32.6 Å². The molecule has 0 radical (unpaired) electrons. The first kappa shape index (κ1) is 17.3. The average molecular weight is 390 g/mol. The standard InChI is InChI=1S/C23H18O4S/c1-23(2)10-14(24)17-15(11-23)27-22-19(18(17)16-8-5-9-28-16)20(25)12-6-3-4-7-13(12)21(22)26/h3-9,18H,10-11H2,1-2H3. The van der Waals surface area contributed by atoms with E-state index < -0.39 is 5.92 Å². The van der Waals surface area contributed by atoms with Crippen LogP contribution >= 0.6 is 11.3 Å². The second-order valence-corrected chi connectivity index (χ2v) is 9.25. The quantitative estimate of drug-likeness (QED) is 0.699. The smallest absolute Gasteiger partial charge is 0.229 e. The topological polar surface area (TPSA) is 60.4 Å². The lowest BCUT2D eigenvalue weighted by atomic mass is 9.69. The van der Waals surface area contributed by atoms with Gasteiger partial charge in [-0.1, -0.05) is 44.2 Å². The molecule has 0 bridgehead atoms. The SMILES string of the molecule is CC1(C)CC(=O)C2=C(C1)OC1=C(C(=O)c3ccccc3C1=O)C2c1cccs1. The number of hydrogen-bond acceptors (Lipinski definition) is 5. The van der Waals surface area contributed by atoms with Gasteiger partial charge < -0.3 is 4.74 Å². The Morgan fingerprint density at radius 3 is 2.32 bits per heavy atom. The van der Waals surface area contributed by atoms with Crippen molar-refractivity contribution in [3.05, 3.63) is 80.4 Å². The van der Waals surface area contributed by atoms with Crippen molar-refractivity contribution in [3.8, 4) is 0 Å². The number of ketones is 3. The molecule has 140 valence electrons. The highest BCUT2D eigenvalue weighted by Gasteiger charge is 2.48. The van der Waals surface area contributed by atoms with Crippen molar-refractivity contribution in [3.63, 3.8) is 0 Å². The molecule has 0 saturated heterocycles. The molecule has 28 heavy (non-hydrogen) atoms. The van der Waals surface area contributed by atoms with Gasteiger partial charge >= 0.3 is 0 Å². The van der Waals surface area contributed by atoms with Gasteiger partial charge in [0, 0.05) is 34.4 Å². The highest BCUT2D eigenvalue weighted by Crippen LogP contribution is 2.51. The maximum atomic E-state index is 13.4. The molecule has 2 heterocycles. The summed E-state index contributed by atoms with van der Waals surface area (Å²) in [6.07, 6.45) is 0.967. The van der Waals surface area contributed by atoms with Gasteiger partial charge in [-0.25, -0.2) is 0 Å². The van der Waals surface area contributed by atoms with Crippen molar-refractivity contribution in [1.82, 2.24) is 0 Å². The first-order valence-electron chi connectivity index (χ1n) is 9.27. The molecule has 5 heteroatoms. The van der Waals surface area contributed by atoms with Gasteiger partial charge in [0.2, 0.25) is 5.78 Å². The summed E-state index contributed by atoms with van der Waals surface area (Å²) in [6, 6.07) is 10.6. The highest BCUT2D eigenvalue weighted by molar-refractivity contribution is 7.10. The zero-order chi connectivity index (χ0) is 19.6. The molecule has 4 nitrogen and oxygen atoms in total. The van der Waals surface area contributed by atoms with E-state index in [1.54, 1.807) is 24.3 Å². The van der Waals surface area contributed by atoms with E-state index in [4.69, 9.17) is 4.74 Å². The van der Waals surface area contributed by atoms with E-state index >= 15 is 0 Å². The van der Waals surface area contributed by atoms with E-state index in [9.17, 15) is 14.4 Å². The summed E-state index contributed by atoms with van der Waals surface area (Å²) in [4.78, 5) is 40.6. The minimum atomic E-state index is -0.535. The molecule has 2 aliphatic carbocycles. The van der Waals surface area contributed by atoms with E-state index in [0.717, 1.165) is 4.88 Å². The fourth-order valence-electron chi connectivity index (χ4n) is 4.43. The number of thiophene rings is 1. The fourth-order valence-corrected chi connectivity index (χ4v) is 5.28. The van der Waals surface area contributed by atoms with Gasteiger partial charge in [0.1, 0.15) is 5.76 Å². The Bertz CT molecular complexity index is 1120. The van der Waals surface area contributed by atoms with Gasteiger partial charge in [0.25, 0.3) is 0 Å². The van der Waals surface area contributed by atoms with Crippen LogP contribution in [0, 0.1) is 5.41 Å². The van der Waals surface area contributed by atoms with Crippen LogP contribution in [0.5, 0.6) is 0 Å². The summed E-state index contributed by atoms with van der Waals surface area (Å²) in [5.41, 5.74) is 1.35. The maximum absolute atomic E-state index is 13.4. The number of allylic oxidation sites excluding steroid dienone is 4. The van der Waals surface area contributed by atoms with Crippen LogP contribution in [0.1, 0.15) is 58.2 Å². The van der Waals surface area contributed by atoms with E-state index in [1.807, 2.05) is 31.4 Å². The van der Waals surface area contributed by atoms with Crippen molar-refractivity contribution < 1.29 is 19.1 Å². The Morgan fingerprint density at radius 2 is 1.64 bits per heavy atom. The lowest BCUT2D eigenvalue weighted by Gasteiger charge is -2.39. The van der Waals surface area contributed by atoms with Crippen molar-refractivity contribution in [2.24, 2.45) is 5.41 Å². The summed E-state index contributed by atoms with van der Waals surface area (Å²) in [5.74, 6) is -0.422. The maximum Gasteiger partial charge on any atom is 0.229 e. The summed E-state index contributed by atoms with van der Waals surface area (Å²) in [6.45, 7) is 4.04. The number of carbonyl (C=O) groups is 3. The normalized spacial score (nSPS) is 23.2. The predicted octanol–water partition coefficient (Wildman–Crippen LogP) is 4.84. The van der Waals surface area contributed by atoms with Crippen molar-refractivity contribution >= 4 is 28.7 Å². The first-order valence-corrected chi connectivity index (χ1v) is 10.2. The molecule has 0 fully saturated rings. The number of carbonyl (C=O) groups excluding carboxylic acids is 3. The highest BCUT2D eigenvalue weighted by atomic mass is 32.1. The molecule has 1 aromatic carbocycles. The molecule has 1 aliphatic heterocycles. The molecular formula is C23H18O4S. The zero-order valence-electron chi connectivity index (χ0n) is 15.6. The molecule has 2 aromatic rings. The Morgan fingerprint density at radius 1 is 0.929 bits per heavy atom.